The molecule has 2 unspecified atom stereocenters. The van der Waals surface area contributed by atoms with E-state index in [9.17, 15) is 0 Å². The molecule has 4 rings (SSSR count). The number of benzene rings is 1. The van der Waals surface area contributed by atoms with E-state index in [2.05, 4.69) is 96.5 Å². The first-order chi connectivity index (χ1) is 14.7. The van der Waals surface area contributed by atoms with E-state index in [4.69, 9.17) is 0 Å². The van der Waals surface area contributed by atoms with Gasteiger partial charge in [0.25, 0.3) is 0 Å². The van der Waals surface area contributed by atoms with Gasteiger partial charge in [0, 0.05) is 24.8 Å². The molecule has 0 bridgehead atoms. The summed E-state index contributed by atoms with van der Waals surface area (Å²) in [5.41, 5.74) is 7.77. The van der Waals surface area contributed by atoms with Gasteiger partial charge in [-0.25, -0.2) is 0 Å². The largest absolute Gasteiger partial charge is 0.221 e. The molecule has 1 aromatic carbocycles. The second-order valence-electron chi connectivity index (χ2n) is 10.9. The van der Waals surface area contributed by atoms with Crippen LogP contribution in [0.15, 0.2) is 30.5 Å². The number of rotatable bonds is 6. The Morgan fingerprint density at radius 1 is 0.903 bits per heavy atom. The van der Waals surface area contributed by atoms with Crippen LogP contribution < -0.4 is 15.0 Å². The maximum absolute atomic E-state index is 2.67. The van der Waals surface area contributed by atoms with Crippen LogP contribution in [0.25, 0.3) is 22.9 Å². The Balaban J connectivity index is 2.17. The summed E-state index contributed by atoms with van der Waals surface area (Å²) in [7, 11) is 0. The summed E-state index contributed by atoms with van der Waals surface area (Å²) in [5, 5.41) is 2.94. The number of hydrogen-bond acceptors (Lipinski definition) is 0. The predicted octanol–water partition coefficient (Wildman–Crippen LogP) is 6.27. The van der Waals surface area contributed by atoms with Crippen LogP contribution in [0, 0.1) is 0 Å². The van der Waals surface area contributed by atoms with E-state index >= 15 is 0 Å². The molecular weight excluding hydrogens is 374 g/mol. The van der Waals surface area contributed by atoms with Crippen molar-refractivity contribution in [3.05, 3.63) is 52.0 Å². The number of hydrogen-bond donors (Lipinski definition) is 0. The van der Waals surface area contributed by atoms with E-state index in [1.54, 1.807) is 5.56 Å². The third-order valence-corrected chi connectivity index (χ3v) is 9.34. The third-order valence-electron chi connectivity index (χ3n) is 9.34. The van der Waals surface area contributed by atoms with Crippen LogP contribution in [0.3, 0.4) is 0 Å². The Kier molecular flexibility index (Phi) is 5.48. The number of nitrogens with zero attached hydrogens (tertiary/aromatic N) is 1. The summed E-state index contributed by atoms with van der Waals surface area (Å²) < 4.78 is 2.67. The zero-order valence-electron chi connectivity index (χ0n) is 21.2. The number of pyridine rings is 1. The van der Waals surface area contributed by atoms with Crippen molar-refractivity contribution < 1.29 is 4.57 Å². The van der Waals surface area contributed by atoms with Gasteiger partial charge < -0.3 is 0 Å². The molecule has 1 heteroatoms. The minimum atomic E-state index is 0.0398. The molecule has 2 aliphatic rings. The first-order valence-corrected chi connectivity index (χ1v) is 12.6. The average Bonchev–Trinajstić information content (AvgIpc) is 2.77. The summed E-state index contributed by atoms with van der Waals surface area (Å²) >= 11 is 0. The van der Waals surface area contributed by atoms with Crippen LogP contribution in [0.2, 0.25) is 0 Å². The fourth-order valence-electron chi connectivity index (χ4n) is 6.43. The molecule has 1 aromatic heterocycles. The van der Waals surface area contributed by atoms with Crippen molar-refractivity contribution in [3.63, 3.8) is 0 Å². The summed E-state index contributed by atoms with van der Waals surface area (Å²) in [6.45, 7) is 19.3. The highest BCUT2D eigenvalue weighted by Gasteiger charge is 2.58. The molecule has 166 valence electrons. The lowest BCUT2D eigenvalue weighted by atomic mass is 9.57. The molecule has 2 heterocycles. The van der Waals surface area contributed by atoms with Gasteiger partial charge in [0.2, 0.25) is 5.69 Å². The summed E-state index contributed by atoms with van der Waals surface area (Å²) in [5.74, 6) is 0. The van der Waals surface area contributed by atoms with E-state index in [0.29, 0.717) is 0 Å². The second-order valence-corrected chi connectivity index (χ2v) is 10.9. The van der Waals surface area contributed by atoms with Crippen LogP contribution in [0.4, 0.5) is 0 Å². The maximum Gasteiger partial charge on any atom is 0.221 e. The van der Waals surface area contributed by atoms with Crippen molar-refractivity contribution in [2.45, 2.75) is 110 Å². The molecule has 2 aromatic rings. The van der Waals surface area contributed by atoms with Crippen molar-refractivity contribution in [3.8, 4) is 11.3 Å². The van der Waals surface area contributed by atoms with Gasteiger partial charge in [-0.15, -0.1) is 0 Å². The smallest absolute Gasteiger partial charge is 0.192 e. The lowest BCUT2D eigenvalue weighted by molar-refractivity contribution is -0.765. The normalized spacial score (nSPS) is 26.2. The minimum absolute atomic E-state index is 0.0398. The molecule has 1 nitrogen and oxygen atoms in total. The first-order valence-electron chi connectivity index (χ1n) is 12.6. The molecule has 0 saturated heterocycles. The molecule has 0 amide bonds. The lowest BCUT2D eigenvalue weighted by Gasteiger charge is -2.48. The van der Waals surface area contributed by atoms with Crippen LogP contribution in [0.1, 0.15) is 105 Å². The monoisotopic (exact) mass is 416 g/mol. The SMILES string of the molecule is CCCCCC=c1cc[n+]2c3c1=C(C)C(C)(C)c1cccc(c1-3)C(C)(CC)C2(C)CC. The second kappa shape index (κ2) is 7.61. The van der Waals surface area contributed by atoms with E-state index in [0.717, 1.165) is 12.8 Å². The van der Waals surface area contributed by atoms with Crippen molar-refractivity contribution in [1.82, 2.24) is 0 Å². The molecule has 1 aliphatic carbocycles. The van der Waals surface area contributed by atoms with Crippen molar-refractivity contribution in [1.29, 1.82) is 0 Å². The molecule has 0 spiro atoms. The van der Waals surface area contributed by atoms with Gasteiger partial charge in [-0.1, -0.05) is 71.7 Å². The Morgan fingerprint density at radius 2 is 1.61 bits per heavy atom. The van der Waals surface area contributed by atoms with Gasteiger partial charge in [-0.05, 0) is 55.0 Å². The fraction of sp³-hybridized carbons (Fsp3) is 0.567. The van der Waals surface area contributed by atoms with Crippen LogP contribution in [-0.2, 0) is 16.4 Å². The average molecular weight is 417 g/mol. The molecule has 2 atom stereocenters. The van der Waals surface area contributed by atoms with Gasteiger partial charge in [-0.2, -0.15) is 4.57 Å². The summed E-state index contributed by atoms with van der Waals surface area (Å²) in [6.07, 6.45) is 12.2. The van der Waals surface area contributed by atoms with Crippen molar-refractivity contribution in [2.24, 2.45) is 0 Å². The van der Waals surface area contributed by atoms with E-state index < -0.39 is 0 Å². The van der Waals surface area contributed by atoms with Gasteiger partial charge in [0.1, 0.15) is 0 Å². The quantitative estimate of drug-likeness (QED) is 0.386. The first kappa shape index (κ1) is 22.3. The van der Waals surface area contributed by atoms with E-state index in [1.807, 2.05) is 0 Å². The Labute approximate surface area is 189 Å². The van der Waals surface area contributed by atoms with E-state index in [-0.39, 0.29) is 16.4 Å². The molecule has 31 heavy (non-hydrogen) atoms. The summed E-state index contributed by atoms with van der Waals surface area (Å²) in [4.78, 5) is 0. The number of aromatic nitrogens is 1. The highest BCUT2D eigenvalue weighted by atomic mass is 15.1. The summed E-state index contributed by atoms with van der Waals surface area (Å²) in [6, 6.07) is 9.54. The van der Waals surface area contributed by atoms with Gasteiger partial charge in [0.15, 0.2) is 11.7 Å². The zero-order chi connectivity index (χ0) is 22.6. The number of unbranched alkanes of at least 4 members (excludes halogenated alkanes) is 3. The Hall–Kier alpha value is -1.89. The molecule has 0 radical (unpaired) electrons. The van der Waals surface area contributed by atoms with Gasteiger partial charge in [-0.3, -0.25) is 0 Å². The maximum atomic E-state index is 2.67. The highest BCUT2D eigenvalue weighted by Crippen LogP contribution is 2.52. The highest BCUT2D eigenvalue weighted by molar-refractivity contribution is 5.81. The standard InChI is InChI=1S/C30H42N/c1-9-12-13-14-16-22-19-20-31-27-25(22)21(4)28(5,6)23-17-15-18-24(26(23)27)29(7,10-2)30(31,8)11-3/h15-20H,9-14H2,1-8H3/q+1. The van der Waals surface area contributed by atoms with Crippen molar-refractivity contribution >= 4 is 11.6 Å². The lowest BCUT2D eigenvalue weighted by Crippen LogP contribution is -2.70. The topological polar surface area (TPSA) is 3.88 Å². The molecule has 0 fully saturated rings. The Bertz CT molecular complexity index is 1140. The van der Waals surface area contributed by atoms with E-state index in [1.165, 1.54) is 58.5 Å². The third kappa shape index (κ3) is 2.84. The van der Waals surface area contributed by atoms with Crippen LogP contribution in [0.5, 0.6) is 0 Å². The van der Waals surface area contributed by atoms with Gasteiger partial charge in [0.05, 0.1) is 16.2 Å². The molecular formula is C30H42N+. The molecule has 1 aliphatic heterocycles. The molecule has 0 N–H and O–H groups in total. The fourth-order valence-corrected chi connectivity index (χ4v) is 6.43. The van der Waals surface area contributed by atoms with Crippen LogP contribution in [-0.4, -0.2) is 0 Å². The van der Waals surface area contributed by atoms with Crippen LogP contribution >= 0.6 is 0 Å². The van der Waals surface area contributed by atoms with Crippen molar-refractivity contribution in [2.75, 3.05) is 0 Å². The molecule has 0 saturated carbocycles. The minimum Gasteiger partial charge on any atom is -0.192 e. The zero-order valence-corrected chi connectivity index (χ0v) is 21.2. The van der Waals surface area contributed by atoms with Gasteiger partial charge >= 0.3 is 0 Å². The predicted molar refractivity (Wildman–Crippen MR) is 134 cm³/mol. The Morgan fingerprint density at radius 3 is 2.26 bits per heavy atom.